The summed E-state index contributed by atoms with van der Waals surface area (Å²) in [5.41, 5.74) is 1.31. The summed E-state index contributed by atoms with van der Waals surface area (Å²) in [6.45, 7) is 3.40. The fourth-order valence-electron chi connectivity index (χ4n) is 2.69. The molecule has 7 heteroatoms. The van der Waals surface area contributed by atoms with Gasteiger partial charge in [-0.2, -0.15) is 0 Å². The van der Waals surface area contributed by atoms with Crippen LogP contribution in [-0.2, 0) is 4.74 Å². The van der Waals surface area contributed by atoms with Crippen molar-refractivity contribution in [3.05, 3.63) is 57.8 Å². The second-order valence-electron chi connectivity index (χ2n) is 5.43. The van der Waals surface area contributed by atoms with Crippen molar-refractivity contribution in [2.75, 3.05) is 24.6 Å². The van der Waals surface area contributed by atoms with Gasteiger partial charge in [-0.1, -0.05) is 12.1 Å². The van der Waals surface area contributed by atoms with E-state index in [1.807, 2.05) is 11.0 Å². The first-order chi connectivity index (χ1) is 11.0. The quantitative estimate of drug-likeness (QED) is 0.692. The van der Waals surface area contributed by atoms with Gasteiger partial charge in [0, 0.05) is 19.2 Å². The predicted molar refractivity (Wildman–Crippen MR) is 84.6 cm³/mol. The molecule has 2 aromatic rings. The van der Waals surface area contributed by atoms with Gasteiger partial charge in [-0.25, -0.2) is 4.98 Å². The summed E-state index contributed by atoms with van der Waals surface area (Å²) in [5.74, 6) is 0.897. The van der Waals surface area contributed by atoms with Crippen molar-refractivity contribution in [3.8, 4) is 5.75 Å². The molecule has 1 aliphatic rings. The van der Waals surface area contributed by atoms with Gasteiger partial charge < -0.3 is 14.7 Å². The molecule has 1 saturated heterocycles. The van der Waals surface area contributed by atoms with Crippen LogP contribution in [0.15, 0.2) is 36.4 Å². The normalized spacial score (nSPS) is 18.0. The number of aryl methyl sites for hydroxylation is 1. The van der Waals surface area contributed by atoms with E-state index in [1.165, 1.54) is 6.07 Å². The molecule has 7 nitrogen and oxygen atoms in total. The zero-order valence-corrected chi connectivity index (χ0v) is 12.7. The molecule has 1 fully saturated rings. The van der Waals surface area contributed by atoms with Crippen LogP contribution in [0.3, 0.4) is 0 Å². The average molecular weight is 315 g/mol. The molecular weight excluding hydrogens is 298 g/mol. The Morgan fingerprint density at radius 3 is 2.91 bits per heavy atom. The van der Waals surface area contributed by atoms with Crippen molar-refractivity contribution in [2.24, 2.45) is 0 Å². The molecule has 0 amide bonds. The van der Waals surface area contributed by atoms with Crippen LogP contribution in [0.4, 0.5) is 11.5 Å². The minimum Gasteiger partial charge on any atom is -0.508 e. The maximum absolute atomic E-state index is 10.9. The number of hydrogen-bond donors (Lipinski definition) is 1. The Morgan fingerprint density at radius 1 is 1.39 bits per heavy atom. The summed E-state index contributed by atoms with van der Waals surface area (Å²) in [6.07, 6.45) is -0.173. The van der Waals surface area contributed by atoms with Crippen LogP contribution in [0.2, 0.25) is 0 Å². The lowest BCUT2D eigenvalue weighted by Gasteiger charge is -2.34. The fourth-order valence-corrected chi connectivity index (χ4v) is 2.69. The standard InChI is InChI=1S/C16H17N3O4/c1-11-14(19(21)22)5-6-16(17-11)18-7-8-23-15(10-18)12-3-2-4-13(20)9-12/h2-6,9,15,20H,7-8,10H2,1H3. The van der Waals surface area contributed by atoms with Gasteiger partial charge >= 0.3 is 0 Å². The van der Waals surface area contributed by atoms with Crippen LogP contribution >= 0.6 is 0 Å². The van der Waals surface area contributed by atoms with Crippen LogP contribution in [0.1, 0.15) is 17.4 Å². The Morgan fingerprint density at radius 2 is 2.22 bits per heavy atom. The smallest absolute Gasteiger partial charge is 0.290 e. The van der Waals surface area contributed by atoms with E-state index < -0.39 is 4.92 Å². The number of morpholine rings is 1. The number of phenolic OH excluding ortho intramolecular Hbond substituents is 1. The fraction of sp³-hybridized carbons (Fsp3) is 0.312. The van der Waals surface area contributed by atoms with Crippen molar-refractivity contribution in [2.45, 2.75) is 13.0 Å². The van der Waals surface area contributed by atoms with E-state index in [0.717, 1.165) is 5.56 Å². The van der Waals surface area contributed by atoms with Gasteiger partial charge in [0.05, 0.1) is 11.5 Å². The summed E-state index contributed by atoms with van der Waals surface area (Å²) in [5, 5.41) is 20.5. The number of aromatic nitrogens is 1. The number of rotatable bonds is 3. The van der Waals surface area contributed by atoms with Gasteiger partial charge in [-0.15, -0.1) is 0 Å². The summed E-state index contributed by atoms with van der Waals surface area (Å²) in [6, 6.07) is 10.1. The van der Waals surface area contributed by atoms with Crippen LogP contribution in [0.5, 0.6) is 5.75 Å². The van der Waals surface area contributed by atoms with E-state index in [1.54, 1.807) is 31.2 Å². The maximum Gasteiger partial charge on any atom is 0.290 e. The molecule has 2 heterocycles. The van der Waals surface area contributed by atoms with Crippen molar-refractivity contribution in [1.29, 1.82) is 0 Å². The van der Waals surface area contributed by atoms with E-state index in [9.17, 15) is 15.2 Å². The van der Waals surface area contributed by atoms with E-state index in [4.69, 9.17) is 4.74 Å². The largest absolute Gasteiger partial charge is 0.508 e. The minimum atomic E-state index is -0.430. The highest BCUT2D eigenvalue weighted by Gasteiger charge is 2.24. The third-order valence-electron chi connectivity index (χ3n) is 3.87. The summed E-state index contributed by atoms with van der Waals surface area (Å²) >= 11 is 0. The number of benzene rings is 1. The van der Waals surface area contributed by atoms with Crippen LogP contribution in [0, 0.1) is 17.0 Å². The number of anilines is 1. The topological polar surface area (TPSA) is 88.7 Å². The molecule has 1 aromatic carbocycles. The summed E-state index contributed by atoms with van der Waals surface area (Å²) in [7, 11) is 0. The highest BCUT2D eigenvalue weighted by molar-refractivity contribution is 5.47. The molecule has 120 valence electrons. The van der Waals surface area contributed by atoms with Gasteiger partial charge in [0.15, 0.2) is 0 Å². The van der Waals surface area contributed by atoms with Gasteiger partial charge in [0.1, 0.15) is 23.4 Å². The number of nitro groups is 1. The molecule has 1 N–H and O–H groups in total. The Bertz CT molecular complexity index is 735. The lowest BCUT2D eigenvalue weighted by atomic mass is 10.1. The predicted octanol–water partition coefficient (Wildman–Crippen LogP) is 2.58. The Labute approximate surface area is 133 Å². The van der Waals surface area contributed by atoms with Crippen molar-refractivity contribution in [1.82, 2.24) is 4.98 Å². The molecule has 0 spiro atoms. The van der Waals surface area contributed by atoms with Crippen molar-refractivity contribution >= 4 is 11.5 Å². The first kappa shape index (κ1) is 15.2. The molecule has 3 rings (SSSR count). The van der Waals surface area contributed by atoms with Crippen LogP contribution < -0.4 is 4.90 Å². The average Bonchev–Trinajstić information content (AvgIpc) is 2.54. The number of aromatic hydroxyl groups is 1. The van der Waals surface area contributed by atoms with E-state index in [-0.39, 0.29) is 17.5 Å². The first-order valence-corrected chi connectivity index (χ1v) is 7.32. The van der Waals surface area contributed by atoms with Gasteiger partial charge in [0.2, 0.25) is 0 Å². The minimum absolute atomic E-state index is 0.0199. The summed E-state index contributed by atoms with van der Waals surface area (Å²) < 4.78 is 5.77. The van der Waals surface area contributed by atoms with Crippen molar-refractivity contribution in [3.63, 3.8) is 0 Å². The lowest BCUT2D eigenvalue weighted by molar-refractivity contribution is -0.385. The Kier molecular flexibility index (Phi) is 4.12. The second-order valence-corrected chi connectivity index (χ2v) is 5.43. The number of phenols is 1. The molecule has 23 heavy (non-hydrogen) atoms. The molecule has 1 aromatic heterocycles. The van der Waals surface area contributed by atoms with Gasteiger partial charge in [0.25, 0.3) is 5.69 Å². The van der Waals surface area contributed by atoms with Crippen LogP contribution in [-0.4, -0.2) is 34.7 Å². The Hall–Kier alpha value is -2.67. The molecule has 0 aliphatic carbocycles. The van der Waals surface area contributed by atoms with Gasteiger partial charge in [-0.3, -0.25) is 10.1 Å². The monoisotopic (exact) mass is 315 g/mol. The number of ether oxygens (including phenoxy) is 1. The zero-order chi connectivity index (χ0) is 16.4. The van der Waals surface area contributed by atoms with Crippen molar-refractivity contribution < 1.29 is 14.8 Å². The molecule has 1 atom stereocenters. The SMILES string of the molecule is Cc1nc(N2CCOC(c3cccc(O)c3)C2)ccc1[N+](=O)[O-]. The third-order valence-corrected chi connectivity index (χ3v) is 3.87. The highest BCUT2D eigenvalue weighted by Crippen LogP contribution is 2.28. The third kappa shape index (κ3) is 3.24. The van der Waals surface area contributed by atoms with E-state index in [0.29, 0.717) is 31.2 Å². The second kappa shape index (κ2) is 6.21. The molecule has 1 aliphatic heterocycles. The van der Waals surface area contributed by atoms with Gasteiger partial charge in [-0.05, 0) is 30.7 Å². The molecular formula is C16H17N3O4. The molecule has 0 bridgehead atoms. The van der Waals surface area contributed by atoms with Crippen LogP contribution in [0.25, 0.3) is 0 Å². The highest BCUT2D eigenvalue weighted by atomic mass is 16.6. The zero-order valence-electron chi connectivity index (χ0n) is 12.7. The van der Waals surface area contributed by atoms with E-state index in [2.05, 4.69) is 4.98 Å². The maximum atomic E-state index is 10.9. The first-order valence-electron chi connectivity index (χ1n) is 7.32. The molecule has 0 radical (unpaired) electrons. The number of hydrogen-bond acceptors (Lipinski definition) is 6. The van der Waals surface area contributed by atoms with E-state index >= 15 is 0 Å². The molecule has 0 saturated carbocycles. The molecule has 1 unspecified atom stereocenters. The Balaban J connectivity index is 1.81. The summed E-state index contributed by atoms with van der Waals surface area (Å²) in [4.78, 5) is 16.8. The number of nitrogens with zero attached hydrogens (tertiary/aromatic N) is 3. The lowest BCUT2D eigenvalue weighted by Crippen LogP contribution is -2.38. The number of pyridine rings is 1.